The summed E-state index contributed by atoms with van der Waals surface area (Å²) >= 11 is 6.30. The molecule has 2 aromatic carbocycles. The van der Waals surface area contributed by atoms with Gasteiger partial charge in [-0.3, -0.25) is 19.4 Å². The zero-order valence-corrected chi connectivity index (χ0v) is 29.0. The summed E-state index contributed by atoms with van der Waals surface area (Å²) < 4.78 is 12.1. The summed E-state index contributed by atoms with van der Waals surface area (Å²) in [5.41, 5.74) is 3.67. The van der Waals surface area contributed by atoms with E-state index in [2.05, 4.69) is 22.9 Å². The highest BCUT2D eigenvalue weighted by atomic mass is 35.5. The van der Waals surface area contributed by atoms with E-state index < -0.39 is 0 Å². The van der Waals surface area contributed by atoms with Gasteiger partial charge < -0.3 is 19.3 Å². The third-order valence-electron chi connectivity index (χ3n) is 10.9. The number of likely N-dealkylation sites (N-methyl/N-ethyl adjacent to an activating group) is 1. The number of ether oxygens (including phenoxy) is 2. The van der Waals surface area contributed by atoms with E-state index in [4.69, 9.17) is 26.1 Å². The molecule has 254 valence electrons. The van der Waals surface area contributed by atoms with E-state index in [0.717, 1.165) is 92.1 Å². The fourth-order valence-corrected chi connectivity index (χ4v) is 7.88. The number of rotatable bonds is 9. The standard InChI is InChI=1S/C38H46ClN5O4/c1-41-17-18-43(24-37(41)46)29-13-7-25(8-14-29)23-42(2)35-16-15-30(22-40-35)44-36(45)20-27-19-33(47-3)34(48-31-5-4-6-31)21-32(27)38(44)26-9-11-28(39)12-10-26/h9-12,15-16,19,21-22,25,29,31,38H,4-8,13-14,17-18,20,23-24H2,1-3H3/t25?,29?,38-/m0/s1. The Labute approximate surface area is 288 Å². The Morgan fingerprint density at radius 2 is 1.71 bits per heavy atom. The summed E-state index contributed by atoms with van der Waals surface area (Å²) in [6.45, 7) is 3.27. The third-order valence-corrected chi connectivity index (χ3v) is 11.1. The number of carbonyl (C=O) groups excluding carboxylic acids is 2. The molecule has 9 nitrogen and oxygen atoms in total. The molecule has 2 aliphatic heterocycles. The molecule has 4 aliphatic rings. The van der Waals surface area contributed by atoms with Crippen LogP contribution in [-0.4, -0.2) is 86.1 Å². The molecule has 3 aromatic rings. The number of aromatic nitrogens is 1. The zero-order valence-electron chi connectivity index (χ0n) is 28.2. The summed E-state index contributed by atoms with van der Waals surface area (Å²) in [7, 11) is 5.65. The van der Waals surface area contributed by atoms with Gasteiger partial charge in [-0.1, -0.05) is 23.7 Å². The van der Waals surface area contributed by atoms with E-state index in [-0.39, 0.29) is 30.4 Å². The molecule has 3 heterocycles. The number of piperazine rings is 1. The van der Waals surface area contributed by atoms with Gasteiger partial charge in [0, 0.05) is 44.8 Å². The van der Waals surface area contributed by atoms with Crippen molar-refractivity contribution in [3.8, 4) is 11.5 Å². The van der Waals surface area contributed by atoms with Gasteiger partial charge in [-0.05, 0) is 104 Å². The van der Waals surface area contributed by atoms with Gasteiger partial charge >= 0.3 is 0 Å². The quantitative estimate of drug-likeness (QED) is 0.271. The predicted molar refractivity (Wildman–Crippen MR) is 188 cm³/mol. The second-order valence-electron chi connectivity index (χ2n) is 14.0. The van der Waals surface area contributed by atoms with Crippen LogP contribution in [0.1, 0.15) is 67.7 Å². The Bertz CT molecular complexity index is 1620. The van der Waals surface area contributed by atoms with Crippen LogP contribution in [0.4, 0.5) is 11.5 Å². The molecule has 10 heteroatoms. The molecule has 3 fully saturated rings. The highest BCUT2D eigenvalue weighted by Gasteiger charge is 2.37. The Kier molecular flexibility index (Phi) is 9.52. The lowest BCUT2D eigenvalue weighted by Crippen LogP contribution is -2.53. The number of halogens is 1. The molecule has 2 amide bonds. The van der Waals surface area contributed by atoms with Crippen molar-refractivity contribution in [2.75, 3.05) is 57.2 Å². The average Bonchev–Trinajstić information content (AvgIpc) is 3.07. The van der Waals surface area contributed by atoms with E-state index >= 15 is 0 Å². The van der Waals surface area contributed by atoms with Crippen LogP contribution in [0.3, 0.4) is 0 Å². The molecule has 1 atom stereocenters. The maximum Gasteiger partial charge on any atom is 0.236 e. The number of hydrogen-bond acceptors (Lipinski definition) is 7. The molecule has 1 saturated heterocycles. The van der Waals surface area contributed by atoms with E-state index in [1.165, 1.54) is 6.42 Å². The molecular weight excluding hydrogens is 626 g/mol. The smallest absolute Gasteiger partial charge is 0.236 e. The maximum absolute atomic E-state index is 13.9. The van der Waals surface area contributed by atoms with E-state index in [0.29, 0.717) is 29.3 Å². The first-order chi connectivity index (χ1) is 23.3. The molecule has 7 rings (SSSR count). The van der Waals surface area contributed by atoms with Gasteiger partial charge in [0.2, 0.25) is 11.8 Å². The lowest BCUT2D eigenvalue weighted by molar-refractivity contribution is -0.135. The molecule has 0 radical (unpaired) electrons. The van der Waals surface area contributed by atoms with Crippen molar-refractivity contribution in [1.82, 2.24) is 14.8 Å². The van der Waals surface area contributed by atoms with E-state index in [1.54, 1.807) is 7.11 Å². The number of benzene rings is 2. The fraction of sp³-hybridized carbons (Fsp3) is 0.500. The van der Waals surface area contributed by atoms with Crippen molar-refractivity contribution in [2.24, 2.45) is 5.92 Å². The van der Waals surface area contributed by atoms with Gasteiger partial charge in [0.1, 0.15) is 5.82 Å². The first-order valence-electron chi connectivity index (χ1n) is 17.4. The number of amides is 2. The first kappa shape index (κ1) is 32.7. The summed E-state index contributed by atoms with van der Waals surface area (Å²) in [6.07, 6.45) is 10.1. The number of carbonyl (C=O) groups is 2. The number of hydrogen-bond donors (Lipinski definition) is 0. The van der Waals surface area contributed by atoms with Crippen molar-refractivity contribution < 1.29 is 19.1 Å². The largest absolute Gasteiger partial charge is 0.493 e. The second-order valence-corrected chi connectivity index (χ2v) is 14.4. The number of fused-ring (bicyclic) bond motifs is 1. The Morgan fingerprint density at radius 3 is 2.35 bits per heavy atom. The van der Waals surface area contributed by atoms with E-state index in [1.807, 2.05) is 65.5 Å². The van der Waals surface area contributed by atoms with Crippen molar-refractivity contribution in [3.63, 3.8) is 0 Å². The Morgan fingerprint density at radius 1 is 0.938 bits per heavy atom. The van der Waals surface area contributed by atoms with E-state index in [9.17, 15) is 9.59 Å². The molecule has 0 unspecified atom stereocenters. The van der Waals surface area contributed by atoms with Gasteiger partial charge in [-0.15, -0.1) is 0 Å². The minimum absolute atomic E-state index is 0.00104. The van der Waals surface area contributed by atoms with Crippen molar-refractivity contribution in [3.05, 3.63) is 76.4 Å². The molecule has 1 aromatic heterocycles. The third kappa shape index (κ3) is 6.72. The number of nitrogens with zero attached hydrogens (tertiary/aromatic N) is 5. The monoisotopic (exact) mass is 671 g/mol. The van der Waals surface area contributed by atoms with Crippen LogP contribution in [0, 0.1) is 5.92 Å². The zero-order chi connectivity index (χ0) is 33.4. The van der Waals surface area contributed by atoms with Crippen molar-refractivity contribution >= 4 is 34.9 Å². The van der Waals surface area contributed by atoms with Gasteiger partial charge in [0.15, 0.2) is 11.5 Å². The first-order valence-corrected chi connectivity index (χ1v) is 17.8. The molecule has 2 saturated carbocycles. The highest BCUT2D eigenvalue weighted by Crippen LogP contribution is 2.44. The Balaban J connectivity index is 1.08. The minimum atomic E-state index is -0.371. The average molecular weight is 672 g/mol. The van der Waals surface area contributed by atoms with Gasteiger partial charge in [0.25, 0.3) is 0 Å². The summed E-state index contributed by atoms with van der Waals surface area (Å²) in [6, 6.07) is 15.9. The molecule has 0 spiro atoms. The summed E-state index contributed by atoms with van der Waals surface area (Å²) in [5, 5.41) is 0.647. The Hall–Kier alpha value is -3.82. The highest BCUT2D eigenvalue weighted by molar-refractivity contribution is 6.30. The maximum atomic E-state index is 13.9. The number of methoxy groups -OCH3 is 1. The molecule has 0 N–H and O–H groups in total. The normalized spacial score (nSPS) is 23.5. The van der Waals surface area contributed by atoms with Crippen molar-refractivity contribution in [2.45, 2.75) is 69.6 Å². The lowest BCUT2D eigenvalue weighted by Gasteiger charge is -2.41. The fourth-order valence-electron chi connectivity index (χ4n) is 7.75. The van der Waals surface area contributed by atoms with Crippen LogP contribution in [0.5, 0.6) is 11.5 Å². The number of pyridine rings is 1. The topological polar surface area (TPSA) is 78.5 Å². The van der Waals surface area contributed by atoms with Crippen LogP contribution in [-0.2, 0) is 16.0 Å². The minimum Gasteiger partial charge on any atom is -0.493 e. The second kappa shape index (κ2) is 14.0. The van der Waals surface area contributed by atoms with Crippen LogP contribution in [0.2, 0.25) is 5.02 Å². The van der Waals surface area contributed by atoms with Crippen molar-refractivity contribution in [1.29, 1.82) is 0 Å². The molecule has 48 heavy (non-hydrogen) atoms. The predicted octanol–water partition coefficient (Wildman–Crippen LogP) is 6.12. The van der Waals surface area contributed by atoms with Gasteiger partial charge in [0.05, 0.1) is 44.1 Å². The van der Waals surface area contributed by atoms with Crippen LogP contribution >= 0.6 is 11.6 Å². The van der Waals surface area contributed by atoms with Crippen LogP contribution < -0.4 is 19.3 Å². The SMILES string of the molecule is COc1cc2c(cc1OC1CCC1)[C@H](c1ccc(Cl)cc1)N(c1ccc(N(C)CC3CCC(N4CCN(C)C(=O)C4)CC3)nc1)C(=O)C2. The van der Waals surface area contributed by atoms with Gasteiger partial charge in [-0.2, -0.15) is 0 Å². The molecule has 2 aliphatic carbocycles. The van der Waals surface area contributed by atoms with Crippen LogP contribution in [0.15, 0.2) is 54.7 Å². The number of anilines is 2. The molecule has 0 bridgehead atoms. The lowest BCUT2D eigenvalue weighted by atomic mass is 9.84. The molecular formula is C38H46ClN5O4. The van der Waals surface area contributed by atoms with Crippen LogP contribution in [0.25, 0.3) is 0 Å². The summed E-state index contributed by atoms with van der Waals surface area (Å²) in [5.74, 6) is 3.08. The van der Waals surface area contributed by atoms with Gasteiger partial charge in [-0.25, -0.2) is 4.98 Å². The summed E-state index contributed by atoms with van der Waals surface area (Å²) in [4.78, 5) is 39.4.